The molecule has 5 rings (SSSR count). The summed E-state index contributed by atoms with van der Waals surface area (Å²) in [6.45, 7) is 0. The maximum Gasteiger partial charge on any atom is 0.335 e. The number of carbonyl (C=O) groups is 4. The van der Waals surface area contributed by atoms with Gasteiger partial charge in [-0.3, -0.25) is 14.4 Å². The molecule has 0 fully saturated rings. The first kappa shape index (κ1) is 23.3. The molecular formula is C26H21NO9. The standard InChI is InChI=1S/C26H21NO9/c27-24(33)20-17(29)9-13-7-12-8-15-14(10-2-1-3-11(6-10)25(34)35)4-5-16(28)19(15)21(30)18(12)22(31)26(13,36)23(20)32/h1-6,12-13,28-29,31,36H,7-9H2,(H2,27,33)(H,34,35)/t12-,13+,26+/m1/s1. The van der Waals surface area contributed by atoms with E-state index in [2.05, 4.69) is 0 Å². The highest BCUT2D eigenvalue weighted by Crippen LogP contribution is 2.52. The molecule has 36 heavy (non-hydrogen) atoms. The minimum absolute atomic E-state index is 0.00712. The molecule has 0 saturated heterocycles. The number of aliphatic hydroxyl groups excluding tert-OH is 2. The van der Waals surface area contributed by atoms with Crippen molar-refractivity contribution in [1.29, 1.82) is 0 Å². The Morgan fingerprint density at radius 1 is 1.03 bits per heavy atom. The van der Waals surface area contributed by atoms with E-state index < -0.39 is 58.0 Å². The van der Waals surface area contributed by atoms with Crippen molar-refractivity contribution in [3.63, 3.8) is 0 Å². The van der Waals surface area contributed by atoms with Crippen LogP contribution in [0.4, 0.5) is 0 Å². The van der Waals surface area contributed by atoms with E-state index in [-0.39, 0.29) is 41.7 Å². The summed E-state index contributed by atoms with van der Waals surface area (Å²) < 4.78 is 0. The van der Waals surface area contributed by atoms with Crippen LogP contribution in [0.15, 0.2) is 59.1 Å². The van der Waals surface area contributed by atoms with Crippen LogP contribution in [0, 0.1) is 11.8 Å². The molecule has 3 aliphatic carbocycles. The topological polar surface area (TPSA) is 195 Å². The Kier molecular flexibility index (Phi) is 5.04. The van der Waals surface area contributed by atoms with Crippen LogP contribution in [0.2, 0.25) is 0 Å². The van der Waals surface area contributed by atoms with Gasteiger partial charge >= 0.3 is 5.97 Å². The maximum atomic E-state index is 13.6. The van der Waals surface area contributed by atoms with Crippen molar-refractivity contribution in [2.24, 2.45) is 17.6 Å². The highest BCUT2D eigenvalue weighted by molar-refractivity contribution is 6.24. The van der Waals surface area contributed by atoms with Gasteiger partial charge in [-0.25, -0.2) is 4.79 Å². The number of phenolic OH excluding ortho intramolecular Hbond substituents is 1. The molecule has 3 aliphatic rings. The van der Waals surface area contributed by atoms with E-state index in [1.54, 1.807) is 18.2 Å². The van der Waals surface area contributed by atoms with Gasteiger partial charge in [-0.1, -0.05) is 18.2 Å². The van der Waals surface area contributed by atoms with Crippen molar-refractivity contribution in [2.75, 3.05) is 0 Å². The third-order valence-electron chi connectivity index (χ3n) is 7.37. The first-order valence-corrected chi connectivity index (χ1v) is 11.1. The van der Waals surface area contributed by atoms with Gasteiger partial charge in [0.2, 0.25) is 5.78 Å². The zero-order valence-corrected chi connectivity index (χ0v) is 18.7. The summed E-state index contributed by atoms with van der Waals surface area (Å²) in [5, 5.41) is 52.5. The fraction of sp³-hybridized carbons (Fsp3) is 0.231. The van der Waals surface area contributed by atoms with Crippen LogP contribution in [0.5, 0.6) is 5.75 Å². The fourth-order valence-electron chi connectivity index (χ4n) is 5.71. The number of amides is 1. The summed E-state index contributed by atoms with van der Waals surface area (Å²) in [6.07, 6.45) is -0.189. The molecular weight excluding hydrogens is 470 g/mol. The maximum absolute atomic E-state index is 13.6. The number of hydrogen-bond acceptors (Lipinski definition) is 8. The number of hydrogen-bond donors (Lipinski definition) is 6. The van der Waals surface area contributed by atoms with Crippen molar-refractivity contribution in [2.45, 2.75) is 24.9 Å². The summed E-state index contributed by atoms with van der Waals surface area (Å²) >= 11 is 0. The zero-order chi connectivity index (χ0) is 26.1. The Morgan fingerprint density at radius 3 is 2.42 bits per heavy atom. The fourth-order valence-corrected chi connectivity index (χ4v) is 5.71. The molecule has 0 spiro atoms. The second-order valence-electron chi connectivity index (χ2n) is 9.28. The summed E-state index contributed by atoms with van der Waals surface area (Å²) in [4.78, 5) is 49.8. The number of Topliss-reactive ketones (excluding diaryl/α,β-unsaturated/α-hetero) is 2. The van der Waals surface area contributed by atoms with Crippen LogP contribution in [-0.2, 0) is 16.0 Å². The number of aromatic hydroxyl groups is 1. The first-order valence-electron chi connectivity index (χ1n) is 11.1. The van der Waals surface area contributed by atoms with E-state index in [4.69, 9.17) is 5.73 Å². The van der Waals surface area contributed by atoms with Crippen LogP contribution < -0.4 is 5.73 Å². The van der Waals surface area contributed by atoms with Crippen molar-refractivity contribution in [3.05, 3.63) is 75.8 Å². The molecule has 3 atom stereocenters. The molecule has 0 aliphatic heterocycles. The highest BCUT2D eigenvalue weighted by Gasteiger charge is 2.59. The summed E-state index contributed by atoms with van der Waals surface area (Å²) in [6, 6.07) is 8.92. The van der Waals surface area contributed by atoms with Crippen molar-refractivity contribution in [1.82, 2.24) is 0 Å². The van der Waals surface area contributed by atoms with Gasteiger partial charge < -0.3 is 31.3 Å². The number of aliphatic hydroxyl groups is 3. The Bertz CT molecular complexity index is 1470. The SMILES string of the molecule is NC(=O)C1=C(O)C[C@@H]2C[C@@H]3Cc4c(-c5cccc(C(=O)O)c5)ccc(O)c4C(=O)C3=C(O)[C@]2(O)C1=O. The van der Waals surface area contributed by atoms with Crippen LogP contribution in [0.1, 0.15) is 39.1 Å². The molecule has 0 heterocycles. The van der Waals surface area contributed by atoms with Gasteiger partial charge in [0.05, 0.1) is 11.1 Å². The molecule has 7 N–H and O–H groups in total. The molecule has 0 aromatic heterocycles. The smallest absolute Gasteiger partial charge is 0.335 e. The van der Waals surface area contributed by atoms with E-state index in [0.717, 1.165) is 0 Å². The van der Waals surface area contributed by atoms with Crippen molar-refractivity contribution >= 4 is 23.4 Å². The molecule has 0 saturated carbocycles. The van der Waals surface area contributed by atoms with Gasteiger partial charge in [0.1, 0.15) is 22.8 Å². The Labute approximate surface area is 203 Å². The van der Waals surface area contributed by atoms with Gasteiger partial charge in [0.15, 0.2) is 11.4 Å². The number of ketones is 2. The van der Waals surface area contributed by atoms with E-state index in [1.807, 2.05) is 0 Å². The number of nitrogens with two attached hydrogens (primary N) is 1. The minimum Gasteiger partial charge on any atom is -0.511 e. The normalized spacial score (nSPS) is 25.2. The zero-order valence-electron chi connectivity index (χ0n) is 18.7. The third-order valence-corrected chi connectivity index (χ3v) is 7.37. The van der Waals surface area contributed by atoms with Gasteiger partial charge in [-0.2, -0.15) is 0 Å². The lowest BCUT2D eigenvalue weighted by atomic mass is 9.60. The second-order valence-corrected chi connectivity index (χ2v) is 9.28. The van der Waals surface area contributed by atoms with E-state index in [9.17, 15) is 44.7 Å². The molecule has 0 bridgehead atoms. The molecule has 184 valence electrons. The number of rotatable bonds is 3. The number of phenols is 1. The number of carboxylic acid groups (broad SMARTS) is 1. The van der Waals surface area contributed by atoms with Crippen molar-refractivity contribution in [3.8, 4) is 16.9 Å². The average molecular weight is 491 g/mol. The van der Waals surface area contributed by atoms with Crippen LogP contribution in [-0.4, -0.2) is 54.6 Å². The number of allylic oxidation sites excluding steroid dienone is 2. The lowest BCUT2D eigenvalue weighted by Crippen LogP contribution is -2.57. The van der Waals surface area contributed by atoms with Gasteiger partial charge in [0.25, 0.3) is 5.91 Å². The predicted octanol–water partition coefficient (Wildman–Crippen LogP) is 1.95. The number of aromatic carboxylic acids is 1. The van der Waals surface area contributed by atoms with Crippen LogP contribution in [0.25, 0.3) is 11.1 Å². The lowest BCUT2D eigenvalue weighted by Gasteiger charge is -2.45. The van der Waals surface area contributed by atoms with E-state index in [1.165, 1.54) is 18.2 Å². The quantitative estimate of drug-likeness (QED) is 0.348. The van der Waals surface area contributed by atoms with Crippen LogP contribution >= 0.6 is 0 Å². The largest absolute Gasteiger partial charge is 0.511 e. The number of carboxylic acids is 1. The Balaban J connectivity index is 1.68. The summed E-state index contributed by atoms with van der Waals surface area (Å²) in [7, 11) is 0. The van der Waals surface area contributed by atoms with Crippen LogP contribution in [0.3, 0.4) is 0 Å². The molecule has 2 aromatic rings. The molecule has 0 unspecified atom stereocenters. The average Bonchev–Trinajstić information content (AvgIpc) is 2.81. The highest BCUT2D eigenvalue weighted by atomic mass is 16.4. The number of carbonyl (C=O) groups excluding carboxylic acids is 3. The van der Waals surface area contributed by atoms with Gasteiger partial charge in [-0.05, 0) is 53.6 Å². The number of primary amides is 1. The summed E-state index contributed by atoms with van der Waals surface area (Å²) in [5.74, 6) is -8.10. The Hall–Kier alpha value is -4.44. The second kappa shape index (κ2) is 7.79. The first-order chi connectivity index (χ1) is 17.0. The summed E-state index contributed by atoms with van der Waals surface area (Å²) in [5.41, 5.74) is 2.82. The van der Waals surface area contributed by atoms with E-state index >= 15 is 0 Å². The van der Waals surface area contributed by atoms with Gasteiger partial charge in [0, 0.05) is 17.9 Å². The van der Waals surface area contributed by atoms with Gasteiger partial charge in [-0.15, -0.1) is 0 Å². The number of fused-ring (bicyclic) bond motifs is 3. The monoisotopic (exact) mass is 491 g/mol. The Morgan fingerprint density at radius 2 is 1.75 bits per heavy atom. The third kappa shape index (κ3) is 3.07. The van der Waals surface area contributed by atoms with Crippen molar-refractivity contribution < 1.29 is 44.7 Å². The molecule has 0 radical (unpaired) electrons. The number of benzene rings is 2. The molecule has 2 aromatic carbocycles. The molecule has 1 amide bonds. The van der Waals surface area contributed by atoms with E-state index in [0.29, 0.717) is 16.7 Å². The lowest BCUT2D eigenvalue weighted by molar-refractivity contribution is -0.144. The minimum atomic E-state index is -2.63. The molecule has 10 heteroatoms. The molecule has 10 nitrogen and oxygen atoms in total. The predicted molar refractivity (Wildman–Crippen MR) is 123 cm³/mol.